The summed E-state index contributed by atoms with van der Waals surface area (Å²) in [4.78, 5) is 19.9. The topological polar surface area (TPSA) is 104 Å². The van der Waals surface area contributed by atoms with Crippen molar-refractivity contribution >= 4 is 28.2 Å². The number of para-hydroxylation sites is 1. The standard InChI is InChI=1S/C26H22FN7O2.5F2.FH/c1-15-9-21(27)23(34(35)36)10-22(15)30-26-28-12-19(17-11-29-32(2)13-17)24(31-26)20-14-33-8-4-6-16-5-3-7-18(20)25(16)33;5*1-2;/h3,5,7,9-14H,4,6,8H2,1-2H3,(H,28,30,31);;;;;;1H. The lowest BCUT2D eigenvalue weighted by Crippen LogP contribution is -2.05. The van der Waals surface area contributed by atoms with Gasteiger partial charge in [0.2, 0.25) is 11.8 Å². The summed E-state index contributed by atoms with van der Waals surface area (Å²) in [5.74, 6) is -0.626. The second-order valence-electron chi connectivity index (χ2n) is 9.01. The first-order chi connectivity index (χ1) is 22.4. The minimum atomic E-state index is -0.884. The first-order valence-electron chi connectivity index (χ1n) is 12.3. The Labute approximate surface area is 256 Å². The molecular formula is C26H23F12N7O2. The van der Waals surface area contributed by atoms with Crippen LogP contribution in [0.1, 0.15) is 17.5 Å². The second-order valence-corrected chi connectivity index (χ2v) is 9.01. The highest BCUT2D eigenvalue weighted by molar-refractivity contribution is 6.00. The molecule has 0 amide bonds. The summed E-state index contributed by atoms with van der Waals surface area (Å²) in [7, 11) is 1.85. The summed E-state index contributed by atoms with van der Waals surface area (Å²) in [6, 6.07) is 8.65. The van der Waals surface area contributed by atoms with Crippen molar-refractivity contribution in [2.45, 2.75) is 26.3 Å². The number of hydrogen-bond donors (Lipinski definition) is 1. The van der Waals surface area contributed by atoms with Crippen LogP contribution in [0.5, 0.6) is 0 Å². The summed E-state index contributed by atoms with van der Waals surface area (Å²) in [5.41, 5.74) is 6.18. The zero-order chi connectivity index (χ0) is 35.0. The number of benzene rings is 2. The van der Waals surface area contributed by atoms with E-state index in [9.17, 15) is 14.5 Å². The van der Waals surface area contributed by atoms with Gasteiger partial charge in [0.05, 0.1) is 28.0 Å². The number of hydrogen-bond acceptors (Lipinski definition) is 6. The fourth-order valence-corrected chi connectivity index (χ4v) is 4.92. The van der Waals surface area contributed by atoms with Crippen molar-refractivity contribution in [3.8, 4) is 22.4 Å². The Morgan fingerprint density at radius 3 is 2.19 bits per heavy atom. The van der Waals surface area contributed by atoms with Gasteiger partial charge in [0.1, 0.15) is 0 Å². The Morgan fingerprint density at radius 1 is 0.936 bits per heavy atom. The molecule has 6 rings (SSSR count). The highest BCUT2D eigenvalue weighted by Gasteiger charge is 2.22. The molecule has 0 unspecified atom stereocenters. The van der Waals surface area contributed by atoms with Crippen LogP contribution in [0.2, 0.25) is 0 Å². The van der Waals surface area contributed by atoms with Gasteiger partial charge in [-0.1, -0.05) is 18.2 Å². The molecule has 1 N–H and O–H groups in total. The zero-order valence-corrected chi connectivity index (χ0v) is 23.9. The van der Waals surface area contributed by atoms with E-state index in [-0.39, 0.29) is 10.7 Å². The molecule has 4 heterocycles. The van der Waals surface area contributed by atoms with E-state index in [0.717, 1.165) is 53.2 Å². The van der Waals surface area contributed by atoms with Crippen molar-refractivity contribution in [1.29, 1.82) is 0 Å². The highest BCUT2D eigenvalue weighted by Crippen LogP contribution is 2.39. The van der Waals surface area contributed by atoms with Gasteiger partial charge in [0.15, 0.2) is 0 Å². The van der Waals surface area contributed by atoms with E-state index in [4.69, 9.17) is 50.7 Å². The molecule has 258 valence electrons. The molecule has 0 radical (unpaired) electrons. The van der Waals surface area contributed by atoms with Crippen LogP contribution in [0.4, 0.5) is 72.2 Å². The Hall–Kier alpha value is -5.37. The SMILES string of the molecule is Cc1cc(F)c([N+](=O)[O-])cc1Nc1ncc(-c2cnn(C)c2)c(-c2cn3c4c(cccc24)CCC3)n1.F.FF.FF.FF.FF.FF. The number of halogens is 12. The lowest BCUT2D eigenvalue weighted by molar-refractivity contribution is -0.387. The highest BCUT2D eigenvalue weighted by atomic mass is 20.0. The zero-order valence-electron chi connectivity index (χ0n) is 23.9. The van der Waals surface area contributed by atoms with Gasteiger partial charge >= 0.3 is 5.69 Å². The van der Waals surface area contributed by atoms with Gasteiger partial charge < -0.3 is 9.88 Å². The van der Waals surface area contributed by atoms with Crippen molar-refractivity contribution in [2.75, 3.05) is 5.32 Å². The number of nitro groups is 1. The summed E-state index contributed by atoms with van der Waals surface area (Å²) in [6.07, 6.45) is 9.65. The molecule has 0 bridgehead atoms. The number of anilines is 2. The largest absolute Gasteiger partial charge is 0.347 e. The summed E-state index contributed by atoms with van der Waals surface area (Å²) >= 11 is 0. The second kappa shape index (κ2) is 20.6. The van der Waals surface area contributed by atoms with Gasteiger partial charge in [-0.05, 0) is 37.0 Å². The van der Waals surface area contributed by atoms with Gasteiger partial charge in [-0.15, -0.1) is 0 Å². The van der Waals surface area contributed by atoms with Crippen LogP contribution in [0.25, 0.3) is 33.3 Å². The third-order valence-electron chi connectivity index (χ3n) is 6.62. The molecule has 0 atom stereocenters. The van der Waals surface area contributed by atoms with E-state index in [0.29, 0.717) is 11.3 Å². The van der Waals surface area contributed by atoms with Gasteiger partial charge in [-0.2, -0.15) is 9.49 Å². The molecule has 5 aromatic rings. The Bertz CT molecular complexity index is 1700. The van der Waals surface area contributed by atoms with E-state index >= 15 is 0 Å². The van der Waals surface area contributed by atoms with Crippen molar-refractivity contribution < 1.29 is 59.8 Å². The number of rotatable bonds is 5. The van der Waals surface area contributed by atoms with Crippen LogP contribution in [0.3, 0.4) is 0 Å². The van der Waals surface area contributed by atoms with Crippen LogP contribution < -0.4 is 5.32 Å². The Kier molecular flexibility index (Phi) is 18.3. The molecular weight excluding hydrogens is 670 g/mol. The van der Waals surface area contributed by atoms with Gasteiger partial charge in [0, 0.05) is 106 Å². The van der Waals surface area contributed by atoms with Gasteiger partial charge in [-0.3, -0.25) is 19.5 Å². The number of nitrogens with one attached hydrogen (secondary N) is 1. The Balaban J connectivity index is 0.00000177. The molecule has 1 aliphatic rings. The van der Waals surface area contributed by atoms with Crippen molar-refractivity contribution in [2.24, 2.45) is 7.05 Å². The molecule has 2 aromatic carbocycles. The summed E-state index contributed by atoms with van der Waals surface area (Å²) in [6.45, 7) is 2.61. The normalized spacial score (nSPS) is 10.4. The van der Waals surface area contributed by atoms with Crippen LogP contribution in [-0.4, -0.2) is 29.2 Å². The number of nitro benzene ring substituents is 1. The molecule has 0 saturated heterocycles. The average molecular weight is 693 g/mol. The van der Waals surface area contributed by atoms with Crippen LogP contribution in [0.15, 0.2) is 55.1 Å². The van der Waals surface area contributed by atoms with Gasteiger partial charge in [-0.25, -0.2) is 9.97 Å². The molecule has 0 saturated carbocycles. The molecule has 3 aromatic heterocycles. The number of aryl methyl sites for hydroxylation is 4. The van der Waals surface area contributed by atoms with E-state index in [1.807, 2.05) is 13.2 Å². The molecule has 0 fully saturated rings. The van der Waals surface area contributed by atoms with Crippen LogP contribution >= 0.6 is 0 Å². The first-order valence-corrected chi connectivity index (χ1v) is 12.3. The number of aromatic nitrogens is 5. The maximum absolute atomic E-state index is 14.1. The van der Waals surface area contributed by atoms with E-state index in [1.54, 1.807) is 24.0 Å². The average Bonchev–Trinajstić information content (AvgIpc) is 3.71. The van der Waals surface area contributed by atoms with E-state index < -0.39 is 16.4 Å². The van der Waals surface area contributed by atoms with Crippen LogP contribution in [0, 0.1) is 22.9 Å². The van der Waals surface area contributed by atoms with Crippen molar-refractivity contribution in [1.82, 2.24) is 24.3 Å². The molecule has 9 nitrogen and oxygen atoms in total. The predicted molar refractivity (Wildman–Crippen MR) is 148 cm³/mol. The molecule has 0 spiro atoms. The summed E-state index contributed by atoms with van der Waals surface area (Å²) < 4.78 is 98.1. The predicted octanol–water partition coefficient (Wildman–Crippen LogP) is 9.90. The van der Waals surface area contributed by atoms with E-state index in [2.05, 4.69) is 44.4 Å². The third kappa shape index (κ3) is 9.33. The molecule has 21 heteroatoms. The third-order valence-corrected chi connectivity index (χ3v) is 6.62. The van der Waals surface area contributed by atoms with E-state index in [1.165, 1.54) is 17.1 Å². The lowest BCUT2D eigenvalue weighted by Gasteiger charge is -2.14. The quantitative estimate of drug-likeness (QED) is 0.112. The fourth-order valence-electron chi connectivity index (χ4n) is 4.92. The maximum atomic E-state index is 14.1. The van der Waals surface area contributed by atoms with Crippen molar-refractivity contribution in [3.63, 3.8) is 0 Å². The van der Waals surface area contributed by atoms with Crippen molar-refractivity contribution in [3.05, 3.63) is 82.2 Å². The fraction of sp³-hybridized carbons (Fsp3) is 0.192. The lowest BCUT2D eigenvalue weighted by atomic mass is 9.99. The first kappa shape index (κ1) is 41.6. The molecule has 47 heavy (non-hydrogen) atoms. The monoisotopic (exact) mass is 693 g/mol. The smallest absolute Gasteiger partial charge is 0.306 e. The minimum Gasteiger partial charge on any atom is -0.347 e. The van der Waals surface area contributed by atoms with Gasteiger partial charge in [0.25, 0.3) is 0 Å². The molecule has 1 aliphatic heterocycles. The number of nitrogens with zero attached hydrogens (tertiary/aromatic N) is 6. The Morgan fingerprint density at radius 2 is 1.60 bits per heavy atom. The maximum Gasteiger partial charge on any atom is 0.306 e. The summed E-state index contributed by atoms with van der Waals surface area (Å²) in [5, 5.41) is 19.7. The molecule has 0 aliphatic carbocycles. The van der Waals surface area contributed by atoms with Crippen LogP contribution in [-0.2, 0) is 20.0 Å². The minimum absolute atomic E-state index is 0.